The van der Waals surface area contributed by atoms with Crippen LogP contribution in [0.3, 0.4) is 0 Å². The summed E-state index contributed by atoms with van der Waals surface area (Å²) in [5, 5.41) is 15.8. The van der Waals surface area contributed by atoms with E-state index in [-0.39, 0.29) is 5.57 Å². The highest BCUT2D eigenvalue weighted by Crippen LogP contribution is 2.27. The Hall–Kier alpha value is -2.77. The van der Waals surface area contributed by atoms with Gasteiger partial charge in [-0.2, -0.15) is 5.26 Å². The van der Waals surface area contributed by atoms with Crippen LogP contribution in [-0.4, -0.2) is 5.91 Å². The highest BCUT2D eigenvalue weighted by atomic mass is 35.5. The molecule has 0 bridgehead atoms. The number of anilines is 1. The van der Waals surface area contributed by atoms with Crippen LogP contribution in [0.2, 0.25) is 5.02 Å². The predicted octanol–water partition coefficient (Wildman–Crippen LogP) is 4.91. The van der Waals surface area contributed by atoms with E-state index < -0.39 is 5.91 Å². The highest BCUT2D eigenvalue weighted by Gasteiger charge is 2.11. The number of halogens is 1. The fraction of sp³-hybridized carbons (Fsp3) is 0.238. The van der Waals surface area contributed by atoms with Gasteiger partial charge in [-0.05, 0) is 41.7 Å². The summed E-state index contributed by atoms with van der Waals surface area (Å²) < 4.78 is 0. The molecule has 0 aliphatic heterocycles. The molecule has 0 unspecified atom stereocenters. The number of nitrogens with zero attached hydrogens (tertiary/aromatic N) is 1. The Labute approximate surface area is 159 Å². The molecule has 0 heterocycles. The van der Waals surface area contributed by atoms with Gasteiger partial charge in [-0.1, -0.05) is 55.8 Å². The molecule has 0 saturated heterocycles. The molecule has 0 spiro atoms. The summed E-state index contributed by atoms with van der Waals surface area (Å²) in [7, 11) is 0. The number of aryl methyl sites for hydroxylation is 1. The number of carbonyl (C=O) groups is 1. The number of amides is 1. The maximum atomic E-state index is 12.3. The van der Waals surface area contributed by atoms with Crippen molar-refractivity contribution in [3.8, 4) is 6.07 Å². The Morgan fingerprint density at radius 1 is 1.23 bits per heavy atom. The third-order valence-corrected chi connectivity index (χ3v) is 4.27. The van der Waals surface area contributed by atoms with Gasteiger partial charge >= 0.3 is 0 Å². The predicted molar refractivity (Wildman–Crippen MR) is 106 cm³/mol. The number of para-hydroxylation sites is 1. The van der Waals surface area contributed by atoms with Crippen LogP contribution in [0.25, 0.3) is 0 Å². The third kappa shape index (κ3) is 5.11. The fourth-order valence-corrected chi connectivity index (χ4v) is 2.67. The van der Waals surface area contributed by atoms with Crippen molar-refractivity contribution in [3.63, 3.8) is 0 Å². The normalized spacial score (nSPS) is 11.2. The van der Waals surface area contributed by atoms with Gasteiger partial charge in [-0.25, -0.2) is 0 Å². The van der Waals surface area contributed by atoms with E-state index in [1.54, 1.807) is 12.1 Å². The lowest BCUT2D eigenvalue weighted by Crippen LogP contribution is -2.24. The molecule has 2 rings (SSSR count). The van der Waals surface area contributed by atoms with Gasteiger partial charge in [0.2, 0.25) is 0 Å². The van der Waals surface area contributed by atoms with Crippen molar-refractivity contribution < 1.29 is 4.79 Å². The molecule has 0 radical (unpaired) electrons. The Balaban J connectivity index is 2.09. The molecule has 0 atom stereocenters. The number of nitriles is 1. The van der Waals surface area contributed by atoms with Crippen molar-refractivity contribution in [2.45, 2.75) is 33.2 Å². The molecule has 0 fully saturated rings. The third-order valence-electron chi connectivity index (χ3n) is 4.02. The lowest BCUT2D eigenvalue weighted by Gasteiger charge is -2.15. The number of hydrogen-bond acceptors (Lipinski definition) is 3. The van der Waals surface area contributed by atoms with Crippen LogP contribution < -0.4 is 10.6 Å². The molecule has 5 heteroatoms. The number of rotatable bonds is 6. The van der Waals surface area contributed by atoms with Crippen LogP contribution in [0.15, 0.2) is 54.2 Å². The average Bonchev–Trinajstić information content (AvgIpc) is 2.62. The second-order valence-electron chi connectivity index (χ2n) is 6.32. The van der Waals surface area contributed by atoms with Crippen LogP contribution in [0.5, 0.6) is 0 Å². The zero-order chi connectivity index (χ0) is 19.1. The van der Waals surface area contributed by atoms with Crippen molar-refractivity contribution in [1.29, 1.82) is 5.26 Å². The van der Waals surface area contributed by atoms with Gasteiger partial charge in [0.1, 0.15) is 11.6 Å². The molecule has 4 nitrogen and oxygen atoms in total. The fourth-order valence-electron chi connectivity index (χ4n) is 2.54. The maximum absolute atomic E-state index is 12.3. The van der Waals surface area contributed by atoms with E-state index in [1.807, 2.05) is 43.3 Å². The topological polar surface area (TPSA) is 64.9 Å². The Kier molecular flexibility index (Phi) is 6.82. The molecular formula is C21H22ClN3O. The van der Waals surface area contributed by atoms with E-state index in [1.165, 1.54) is 6.20 Å². The van der Waals surface area contributed by atoms with E-state index in [0.717, 1.165) is 22.4 Å². The first kappa shape index (κ1) is 19.6. The molecule has 0 saturated carbocycles. The Morgan fingerprint density at radius 2 is 1.92 bits per heavy atom. The first-order valence-electron chi connectivity index (χ1n) is 8.41. The zero-order valence-electron chi connectivity index (χ0n) is 15.1. The zero-order valence-corrected chi connectivity index (χ0v) is 15.9. The van der Waals surface area contributed by atoms with E-state index in [9.17, 15) is 10.1 Å². The van der Waals surface area contributed by atoms with Gasteiger partial charge in [-0.3, -0.25) is 4.79 Å². The number of nitrogens with one attached hydrogen (secondary N) is 2. The SMILES string of the molecule is Cc1cccc(C(C)C)c1N/C=C(/C#N)C(=O)NCc1ccc(Cl)cc1. The maximum Gasteiger partial charge on any atom is 0.263 e. The first-order valence-corrected chi connectivity index (χ1v) is 8.79. The second kappa shape index (κ2) is 9.07. The first-order chi connectivity index (χ1) is 12.4. The van der Waals surface area contributed by atoms with Crippen molar-refractivity contribution in [2.24, 2.45) is 0 Å². The second-order valence-corrected chi connectivity index (χ2v) is 6.75. The summed E-state index contributed by atoms with van der Waals surface area (Å²) in [5.41, 5.74) is 4.07. The van der Waals surface area contributed by atoms with Gasteiger partial charge in [0, 0.05) is 23.5 Å². The molecule has 2 aromatic rings. The van der Waals surface area contributed by atoms with Crippen molar-refractivity contribution >= 4 is 23.2 Å². The van der Waals surface area contributed by atoms with Crippen LogP contribution >= 0.6 is 11.6 Å². The van der Waals surface area contributed by atoms with Crippen LogP contribution in [0.1, 0.15) is 36.5 Å². The van der Waals surface area contributed by atoms with E-state index in [4.69, 9.17) is 11.6 Å². The van der Waals surface area contributed by atoms with Gasteiger partial charge in [0.15, 0.2) is 0 Å². The molecule has 0 aliphatic carbocycles. The Morgan fingerprint density at radius 3 is 2.54 bits per heavy atom. The largest absolute Gasteiger partial charge is 0.360 e. The lowest BCUT2D eigenvalue weighted by atomic mass is 9.98. The Bertz CT molecular complexity index is 849. The van der Waals surface area contributed by atoms with Crippen LogP contribution in [-0.2, 0) is 11.3 Å². The molecule has 2 aromatic carbocycles. The lowest BCUT2D eigenvalue weighted by molar-refractivity contribution is -0.117. The van der Waals surface area contributed by atoms with E-state index in [0.29, 0.717) is 17.5 Å². The highest BCUT2D eigenvalue weighted by molar-refractivity contribution is 6.30. The average molecular weight is 368 g/mol. The van der Waals surface area contributed by atoms with Crippen molar-refractivity contribution in [1.82, 2.24) is 5.32 Å². The molecule has 2 N–H and O–H groups in total. The summed E-state index contributed by atoms with van der Waals surface area (Å²) in [4.78, 5) is 12.3. The number of carbonyl (C=O) groups excluding carboxylic acids is 1. The van der Waals surface area contributed by atoms with Gasteiger partial charge in [0.25, 0.3) is 5.91 Å². The molecule has 26 heavy (non-hydrogen) atoms. The van der Waals surface area contributed by atoms with Crippen molar-refractivity contribution in [3.05, 3.63) is 76.0 Å². The van der Waals surface area contributed by atoms with Crippen LogP contribution in [0.4, 0.5) is 5.69 Å². The summed E-state index contributed by atoms with van der Waals surface area (Å²) >= 11 is 5.85. The molecule has 1 amide bonds. The smallest absolute Gasteiger partial charge is 0.263 e. The summed E-state index contributed by atoms with van der Waals surface area (Å²) in [6, 6.07) is 15.2. The van der Waals surface area contributed by atoms with Crippen molar-refractivity contribution in [2.75, 3.05) is 5.32 Å². The molecule has 0 aliphatic rings. The van der Waals surface area contributed by atoms with Gasteiger partial charge in [-0.15, -0.1) is 0 Å². The molecular weight excluding hydrogens is 346 g/mol. The number of benzene rings is 2. The standard InChI is InChI=1S/C21H22ClN3O/c1-14(2)19-6-4-5-15(3)20(19)24-13-17(11-23)21(26)25-12-16-7-9-18(22)10-8-16/h4-10,13-14,24H,12H2,1-3H3,(H,25,26)/b17-13-. The van der Waals surface area contributed by atoms with Crippen LogP contribution in [0, 0.1) is 18.3 Å². The minimum absolute atomic E-state index is 0.0249. The van der Waals surface area contributed by atoms with E-state index in [2.05, 4.69) is 24.5 Å². The monoisotopic (exact) mass is 367 g/mol. The molecule has 0 aromatic heterocycles. The van der Waals surface area contributed by atoms with E-state index >= 15 is 0 Å². The summed E-state index contributed by atoms with van der Waals surface area (Å²) in [5.74, 6) is -0.0929. The quantitative estimate of drug-likeness (QED) is 0.563. The minimum atomic E-state index is -0.422. The van der Waals surface area contributed by atoms with Gasteiger partial charge in [0.05, 0.1) is 0 Å². The summed E-state index contributed by atoms with van der Waals surface area (Å²) in [6.07, 6.45) is 1.46. The number of hydrogen-bond donors (Lipinski definition) is 2. The summed E-state index contributed by atoms with van der Waals surface area (Å²) in [6.45, 7) is 6.53. The van der Waals surface area contributed by atoms with Gasteiger partial charge < -0.3 is 10.6 Å². The molecule has 134 valence electrons. The minimum Gasteiger partial charge on any atom is -0.360 e.